The van der Waals surface area contributed by atoms with Crippen molar-refractivity contribution in [3.8, 4) is 0 Å². The molecule has 3 atom stereocenters. The minimum Gasteiger partial charge on any atom is -0.444 e. The third-order valence-electron chi connectivity index (χ3n) is 8.88. The molecular formula is C37H51N5O5S. The molecule has 260 valence electrons. The number of nitrogens with zero attached hydrogens (tertiary/aromatic N) is 3. The second-order valence-corrected chi connectivity index (χ2v) is 13.8. The maximum absolute atomic E-state index is 14.1. The molecule has 0 saturated carbocycles. The van der Waals surface area contributed by atoms with Crippen molar-refractivity contribution in [2.75, 3.05) is 39.9 Å². The highest BCUT2D eigenvalue weighted by atomic mass is 32.1. The number of benzene rings is 2. The molecule has 2 aromatic carbocycles. The maximum Gasteiger partial charge on any atom is 0.407 e. The van der Waals surface area contributed by atoms with Crippen LogP contribution < -0.4 is 10.6 Å². The number of carbonyl (C=O) groups is 3. The van der Waals surface area contributed by atoms with Gasteiger partial charge in [0.15, 0.2) is 5.78 Å². The third kappa shape index (κ3) is 13.0. The number of hydrogen-bond donors (Lipinski definition) is 2. The number of Topliss-reactive ketones (excluding diaryl/α,β-unsaturated/α-hetero) is 1. The fourth-order valence-corrected chi connectivity index (χ4v) is 6.31. The molecule has 1 aliphatic rings. The van der Waals surface area contributed by atoms with Crippen LogP contribution in [0.2, 0.25) is 0 Å². The Morgan fingerprint density at radius 3 is 2.23 bits per heavy atom. The topological polar surface area (TPSA) is 113 Å². The molecule has 48 heavy (non-hydrogen) atoms. The van der Waals surface area contributed by atoms with Gasteiger partial charge in [-0.2, -0.15) is 0 Å². The third-order valence-corrected chi connectivity index (χ3v) is 9.63. The molecule has 0 unspecified atom stereocenters. The van der Waals surface area contributed by atoms with E-state index in [9.17, 15) is 14.4 Å². The number of morpholine rings is 1. The molecule has 0 bridgehead atoms. The Labute approximate surface area is 289 Å². The summed E-state index contributed by atoms with van der Waals surface area (Å²) in [6.07, 6.45) is 4.82. The van der Waals surface area contributed by atoms with Gasteiger partial charge >= 0.3 is 12.1 Å². The van der Waals surface area contributed by atoms with Crippen LogP contribution in [0.4, 0.5) is 9.59 Å². The SMILES string of the molecule is CC(C)N(C)C(=O)N[C@@H](CCN1CCOCC1)C(=O)C[C@@H](CC[C@@H](Cc1ccccc1)NC(=O)OCc1cncs1)Cc1ccccc1. The lowest BCUT2D eigenvalue weighted by Crippen LogP contribution is -2.50. The lowest BCUT2D eigenvalue weighted by Gasteiger charge is -2.30. The molecular weight excluding hydrogens is 627 g/mol. The van der Waals surface area contributed by atoms with Crippen molar-refractivity contribution in [1.29, 1.82) is 0 Å². The van der Waals surface area contributed by atoms with Gasteiger partial charge in [0.1, 0.15) is 6.61 Å². The van der Waals surface area contributed by atoms with Crippen LogP contribution in [-0.4, -0.2) is 90.7 Å². The first-order valence-electron chi connectivity index (χ1n) is 17.0. The molecule has 2 heterocycles. The summed E-state index contributed by atoms with van der Waals surface area (Å²) < 4.78 is 11.0. The summed E-state index contributed by atoms with van der Waals surface area (Å²) in [6, 6.07) is 19.2. The van der Waals surface area contributed by atoms with Crippen LogP contribution in [0.25, 0.3) is 0 Å². The number of ketones is 1. The molecule has 0 spiro atoms. The van der Waals surface area contributed by atoms with E-state index in [0.717, 1.165) is 35.5 Å². The highest BCUT2D eigenvalue weighted by Crippen LogP contribution is 2.22. The number of ether oxygens (including phenoxy) is 2. The molecule has 2 N–H and O–H groups in total. The van der Waals surface area contributed by atoms with Crippen molar-refractivity contribution in [2.24, 2.45) is 5.92 Å². The number of alkyl carbamates (subject to hydrolysis) is 1. The number of urea groups is 1. The standard InChI is InChI=1S/C37H51N5O5S/c1-28(2)41(3)36(44)40-34(16-17-42-18-20-46-21-19-42)35(43)24-31(22-29-10-6-4-7-11-29)14-15-32(23-30-12-8-5-9-13-30)39-37(45)47-26-33-25-38-27-48-33/h4-13,25,27-28,31-32,34H,14-24,26H2,1-3H3,(H,39,45)(H,40,44)/t31-,32-,34-/m0/s1. The highest BCUT2D eigenvalue weighted by Gasteiger charge is 2.28. The van der Waals surface area contributed by atoms with Gasteiger partial charge in [-0.15, -0.1) is 11.3 Å². The zero-order chi connectivity index (χ0) is 34.1. The number of carbonyl (C=O) groups excluding carboxylic acids is 3. The average Bonchev–Trinajstić information content (AvgIpc) is 3.63. The molecule has 3 aromatic rings. The molecule has 3 amide bonds. The Morgan fingerprint density at radius 1 is 0.938 bits per heavy atom. The predicted octanol–water partition coefficient (Wildman–Crippen LogP) is 5.72. The van der Waals surface area contributed by atoms with Crippen LogP contribution in [0.5, 0.6) is 0 Å². The molecule has 0 aliphatic carbocycles. The molecule has 11 heteroatoms. The smallest absolute Gasteiger partial charge is 0.407 e. The Hall–Kier alpha value is -3.80. The van der Waals surface area contributed by atoms with Crippen molar-refractivity contribution >= 4 is 29.2 Å². The average molecular weight is 678 g/mol. The molecule has 1 saturated heterocycles. The van der Waals surface area contributed by atoms with Crippen molar-refractivity contribution < 1.29 is 23.9 Å². The number of thiazole rings is 1. The summed E-state index contributed by atoms with van der Waals surface area (Å²) >= 11 is 1.44. The van der Waals surface area contributed by atoms with Gasteiger partial charge in [0.25, 0.3) is 0 Å². The van der Waals surface area contributed by atoms with Gasteiger partial charge in [-0.05, 0) is 63.0 Å². The zero-order valence-electron chi connectivity index (χ0n) is 28.5. The lowest BCUT2D eigenvalue weighted by molar-refractivity contribution is -0.122. The predicted molar refractivity (Wildman–Crippen MR) is 189 cm³/mol. The first-order chi connectivity index (χ1) is 23.3. The minimum atomic E-state index is -0.597. The van der Waals surface area contributed by atoms with Crippen LogP contribution >= 0.6 is 11.3 Å². The molecule has 1 fully saturated rings. The summed E-state index contributed by atoms with van der Waals surface area (Å²) in [4.78, 5) is 48.9. The normalized spacial score (nSPS) is 15.3. The molecule has 1 aliphatic heterocycles. The van der Waals surface area contributed by atoms with Crippen molar-refractivity contribution in [1.82, 2.24) is 25.4 Å². The molecule has 1 aromatic heterocycles. The van der Waals surface area contributed by atoms with Gasteiger partial charge < -0.3 is 25.0 Å². The van der Waals surface area contributed by atoms with E-state index in [1.165, 1.54) is 11.3 Å². The van der Waals surface area contributed by atoms with E-state index in [0.29, 0.717) is 51.9 Å². The van der Waals surface area contributed by atoms with E-state index in [1.54, 1.807) is 23.7 Å². The van der Waals surface area contributed by atoms with Crippen molar-refractivity contribution in [3.05, 3.63) is 88.4 Å². The Morgan fingerprint density at radius 2 is 1.60 bits per heavy atom. The van der Waals surface area contributed by atoms with Gasteiger partial charge in [-0.1, -0.05) is 60.7 Å². The summed E-state index contributed by atoms with van der Waals surface area (Å²) in [7, 11) is 1.75. The van der Waals surface area contributed by atoms with E-state index in [2.05, 4.69) is 44.8 Å². The van der Waals surface area contributed by atoms with Crippen LogP contribution in [0, 0.1) is 5.92 Å². The quantitative estimate of drug-likeness (QED) is 0.177. The summed E-state index contributed by atoms with van der Waals surface area (Å²) in [5.74, 6) is 0.0463. The van der Waals surface area contributed by atoms with E-state index in [-0.39, 0.29) is 36.4 Å². The molecule has 4 rings (SSSR count). The Kier molecular flexibility index (Phi) is 15.3. The zero-order valence-corrected chi connectivity index (χ0v) is 29.3. The van der Waals surface area contributed by atoms with Gasteiger partial charge in [-0.3, -0.25) is 14.7 Å². The van der Waals surface area contributed by atoms with Crippen LogP contribution in [-0.2, 0) is 33.7 Å². The highest BCUT2D eigenvalue weighted by molar-refractivity contribution is 7.09. The maximum atomic E-state index is 14.1. The van der Waals surface area contributed by atoms with E-state index >= 15 is 0 Å². The second-order valence-electron chi connectivity index (χ2n) is 12.8. The first kappa shape index (κ1) is 37.0. The minimum absolute atomic E-state index is 0.00791. The molecule has 10 nitrogen and oxygen atoms in total. The van der Waals surface area contributed by atoms with Crippen LogP contribution in [0.15, 0.2) is 72.4 Å². The van der Waals surface area contributed by atoms with Gasteiger partial charge in [-0.25, -0.2) is 9.59 Å². The number of aromatic nitrogens is 1. The summed E-state index contributed by atoms with van der Waals surface area (Å²) in [5.41, 5.74) is 3.98. The summed E-state index contributed by atoms with van der Waals surface area (Å²) in [6.45, 7) is 7.78. The summed E-state index contributed by atoms with van der Waals surface area (Å²) in [5, 5.41) is 6.15. The van der Waals surface area contributed by atoms with Crippen LogP contribution in [0.3, 0.4) is 0 Å². The van der Waals surface area contributed by atoms with Crippen LogP contribution in [0.1, 0.15) is 55.5 Å². The monoisotopic (exact) mass is 677 g/mol. The van der Waals surface area contributed by atoms with Gasteiger partial charge in [0.2, 0.25) is 0 Å². The number of hydrogen-bond acceptors (Lipinski definition) is 8. The van der Waals surface area contributed by atoms with E-state index in [4.69, 9.17) is 9.47 Å². The van der Waals surface area contributed by atoms with E-state index in [1.807, 2.05) is 50.2 Å². The molecule has 0 radical (unpaired) electrons. The van der Waals surface area contributed by atoms with Crippen molar-refractivity contribution in [3.63, 3.8) is 0 Å². The lowest BCUT2D eigenvalue weighted by atomic mass is 9.86. The first-order valence-corrected chi connectivity index (χ1v) is 17.9. The number of rotatable bonds is 18. The van der Waals surface area contributed by atoms with Crippen molar-refractivity contribution in [2.45, 2.75) is 77.1 Å². The van der Waals surface area contributed by atoms with Gasteiger partial charge in [0, 0.05) is 51.4 Å². The fraction of sp³-hybridized carbons (Fsp3) is 0.514. The second kappa shape index (κ2) is 19.9. The number of amides is 3. The Balaban J connectivity index is 1.46. The largest absolute Gasteiger partial charge is 0.444 e. The Bertz CT molecular complexity index is 1370. The van der Waals surface area contributed by atoms with E-state index < -0.39 is 12.1 Å². The number of nitrogens with one attached hydrogen (secondary N) is 2. The fourth-order valence-electron chi connectivity index (χ4n) is 5.81. The van der Waals surface area contributed by atoms with Gasteiger partial charge in [0.05, 0.1) is 29.6 Å².